The first kappa shape index (κ1) is 14.2. The van der Waals surface area contributed by atoms with E-state index in [1.807, 2.05) is 0 Å². The molecule has 0 saturated carbocycles. The van der Waals surface area contributed by atoms with Gasteiger partial charge in [-0.25, -0.2) is 12.7 Å². The van der Waals surface area contributed by atoms with Crippen molar-refractivity contribution in [3.8, 4) is 0 Å². The first-order valence-corrected chi connectivity index (χ1v) is 8.82. The molecule has 0 aromatic carbocycles. The quantitative estimate of drug-likeness (QED) is 0.769. The molecule has 1 atom stereocenters. The molecule has 2 saturated heterocycles. The van der Waals surface area contributed by atoms with Crippen LogP contribution in [-0.4, -0.2) is 57.2 Å². The molecule has 0 bridgehead atoms. The molecule has 2 aliphatic heterocycles. The molecule has 0 aliphatic carbocycles. The summed E-state index contributed by atoms with van der Waals surface area (Å²) in [6, 6.07) is 1.10. The number of hydrogen-bond acceptors (Lipinski definition) is 4. The molecule has 0 spiro atoms. The highest BCUT2D eigenvalue weighted by atomic mass is 32.2. The molecular weight excluding hydrogens is 250 g/mol. The lowest BCUT2D eigenvalue weighted by Gasteiger charge is -2.33. The molecule has 2 heterocycles. The molecular formula is C12H25N3O2S. The fraction of sp³-hybridized carbons (Fsp3) is 1.00. The van der Waals surface area contributed by atoms with E-state index in [1.165, 1.54) is 25.5 Å². The van der Waals surface area contributed by atoms with E-state index < -0.39 is 10.0 Å². The van der Waals surface area contributed by atoms with Crippen molar-refractivity contribution in [2.45, 2.75) is 44.2 Å². The predicted molar refractivity (Wildman–Crippen MR) is 73.1 cm³/mol. The van der Waals surface area contributed by atoms with Crippen LogP contribution in [0.3, 0.4) is 0 Å². The summed E-state index contributed by atoms with van der Waals surface area (Å²) in [4.78, 5) is 0. The Morgan fingerprint density at radius 2 is 1.72 bits per heavy atom. The van der Waals surface area contributed by atoms with Crippen molar-refractivity contribution >= 4 is 10.0 Å². The Hall–Kier alpha value is -0.170. The highest BCUT2D eigenvalue weighted by molar-refractivity contribution is 7.88. The topological polar surface area (TPSA) is 61.4 Å². The average Bonchev–Trinajstić information content (AvgIpc) is 2.57. The average molecular weight is 275 g/mol. The Kier molecular flexibility index (Phi) is 5.00. The summed E-state index contributed by atoms with van der Waals surface area (Å²) in [6.07, 6.45) is 6.84. The van der Waals surface area contributed by atoms with Crippen LogP contribution in [0.4, 0.5) is 0 Å². The van der Waals surface area contributed by atoms with Gasteiger partial charge < -0.3 is 10.6 Å². The second-order valence-electron chi connectivity index (χ2n) is 5.48. The highest BCUT2D eigenvalue weighted by Crippen LogP contribution is 2.15. The minimum atomic E-state index is -2.99. The van der Waals surface area contributed by atoms with Gasteiger partial charge in [-0.15, -0.1) is 0 Å². The zero-order valence-corrected chi connectivity index (χ0v) is 12.0. The van der Waals surface area contributed by atoms with Crippen LogP contribution in [-0.2, 0) is 10.0 Å². The number of rotatable bonds is 3. The van der Waals surface area contributed by atoms with Crippen LogP contribution in [0.5, 0.6) is 0 Å². The molecule has 2 fully saturated rings. The van der Waals surface area contributed by atoms with Gasteiger partial charge in [0.15, 0.2) is 0 Å². The fourth-order valence-electron chi connectivity index (χ4n) is 2.87. The van der Waals surface area contributed by atoms with Crippen molar-refractivity contribution < 1.29 is 8.42 Å². The second kappa shape index (κ2) is 6.32. The fourth-order valence-corrected chi connectivity index (χ4v) is 3.75. The number of piperidine rings is 1. The van der Waals surface area contributed by atoms with Crippen molar-refractivity contribution in [2.75, 3.05) is 32.4 Å². The molecule has 2 N–H and O–H groups in total. The Morgan fingerprint density at radius 1 is 1.06 bits per heavy atom. The van der Waals surface area contributed by atoms with Gasteiger partial charge in [0, 0.05) is 25.2 Å². The van der Waals surface area contributed by atoms with Gasteiger partial charge in [0.05, 0.1) is 6.26 Å². The molecule has 6 heteroatoms. The molecule has 2 aliphatic rings. The predicted octanol–water partition coefficient (Wildman–Crippen LogP) is 0.142. The summed E-state index contributed by atoms with van der Waals surface area (Å²) in [5.74, 6) is 0. The van der Waals surface area contributed by atoms with Gasteiger partial charge in [-0.3, -0.25) is 0 Å². The van der Waals surface area contributed by atoms with E-state index in [0.717, 1.165) is 25.9 Å². The molecule has 18 heavy (non-hydrogen) atoms. The first-order chi connectivity index (χ1) is 8.55. The summed E-state index contributed by atoms with van der Waals surface area (Å²) in [5.41, 5.74) is 0. The van der Waals surface area contributed by atoms with E-state index in [9.17, 15) is 8.42 Å². The van der Waals surface area contributed by atoms with Crippen LogP contribution in [0.1, 0.15) is 32.1 Å². The van der Waals surface area contributed by atoms with Gasteiger partial charge in [-0.1, -0.05) is 0 Å². The lowest BCUT2D eigenvalue weighted by atomic mass is 10.0. The third-order valence-corrected chi connectivity index (χ3v) is 5.27. The van der Waals surface area contributed by atoms with E-state index in [1.54, 1.807) is 4.31 Å². The SMILES string of the molecule is CS(=O)(=O)N1CCC(NC2CCCNCC2)CC1. The van der Waals surface area contributed by atoms with Crippen LogP contribution < -0.4 is 10.6 Å². The third-order valence-electron chi connectivity index (χ3n) is 3.97. The molecule has 106 valence electrons. The van der Waals surface area contributed by atoms with Gasteiger partial charge in [-0.2, -0.15) is 0 Å². The Morgan fingerprint density at radius 3 is 2.39 bits per heavy atom. The van der Waals surface area contributed by atoms with E-state index in [2.05, 4.69) is 10.6 Å². The lowest BCUT2D eigenvalue weighted by Crippen LogP contribution is -2.47. The molecule has 5 nitrogen and oxygen atoms in total. The summed E-state index contributed by atoms with van der Waals surface area (Å²) in [5, 5.41) is 7.12. The largest absolute Gasteiger partial charge is 0.317 e. The van der Waals surface area contributed by atoms with Crippen LogP contribution in [0.15, 0.2) is 0 Å². The zero-order valence-electron chi connectivity index (χ0n) is 11.2. The molecule has 1 unspecified atom stereocenters. The Balaban J connectivity index is 1.76. The van der Waals surface area contributed by atoms with Gasteiger partial charge >= 0.3 is 0 Å². The Labute approximate surface area is 110 Å². The standard InChI is InChI=1S/C12H25N3O2S/c1-18(16,17)15-9-5-12(6-10-15)14-11-3-2-7-13-8-4-11/h11-14H,2-10H2,1H3. The van der Waals surface area contributed by atoms with Crippen LogP contribution in [0.25, 0.3) is 0 Å². The van der Waals surface area contributed by atoms with Gasteiger partial charge in [0.1, 0.15) is 0 Å². The molecule has 0 radical (unpaired) electrons. The maximum atomic E-state index is 11.4. The van der Waals surface area contributed by atoms with Crippen molar-refractivity contribution in [3.05, 3.63) is 0 Å². The normalized spacial score (nSPS) is 29.1. The minimum absolute atomic E-state index is 0.492. The van der Waals surface area contributed by atoms with E-state index in [-0.39, 0.29) is 0 Å². The number of sulfonamides is 1. The smallest absolute Gasteiger partial charge is 0.211 e. The van der Waals surface area contributed by atoms with Gasteiger partial charge in [0.2, 0.25) is 10.0 Å². The molecule has 0 aromatic heterocycles. The Bertz CT molecular complexity index is 342. The summed E-state index contributed by atoms with van der Waals surface area (Å²) in [7, 11) is -2.99. The lowest BCUT2D eigenvalue weighted by molar-refractivity contribution is 0.268. The summed E-state index contributed by atoms with van der Waals surface area (Å²) < 4.78 is 24.4. The van der Waals surface area contributed by atoms with Crippen LogP contribution in [0, 0.1) is 0 Å². The zero-order chi connectivity index (χ0) is 13.0. The highest BCUT2D eigenvalue weighted by Gasteiger charge is 2.26. The molecule has 2 rings (SSSR count). The third kappa shape index (κ3) is 4.19. The summed E-state index contributed by atoms with van der Waals surface area (Å²) in [6.45, 7) is 3.56. The number of nitrogens with one attached hydrogen (secondary N) is 2. The van der Waals surface area contributed by atoms with Crippen molar-refractivity contribution in [2.24, 2.45) is 0 Å². The first-order valence-electron chi connectivity index (χ1n) is 6.97. The van der Waals surface area contributed by atoms with Crippen molar-refractivity contribution in [1.82, 2.24) is 14.9 Å². The van der Waals surface area contributed by atoms with Crippen LogP contribution >= 0.6 is 0 Å². The maximum Gasteiger partial charge on any atom is 0.211 e. The van der Waals surface area contributed by atoms with Gasteiger partial charge in [0.25, 0.3) is 0 Å². The summed E-state index contributed by atoms with van der Waals surface area (Å²) >= 11 is 0. The van der Waals surface area contributed by atoms with Crippen LogP contribution in [0.2, 0.25) is 0 Å². The van der Waals surface area contributed by atoms with Gasteiger partial charge in [-0.05, 0) is 45.2 Å². The van der Waals surface area contributed by atoms with E-state index >= 15 is 0 Å². The number of hydrogen-bond donors (Lipinski definition) is 2. The van der Waals surface area contributed by atoms with Crippen molar-refractivity contribution in [3.63, 3.8) is 0 Å². The second-order valence-corrected chi connectivity index (χ2v) is 7.46. The number of nitrogens with zero attached hydrogens (tertiary/aromatic N) is 1. The van der Waals surface area contributed by atoms with Crippen molar-refractivity contribution in [1.29, 1.82) is 0 Å². The maximum absolute atomic E-state index is 11.4. The minimum Gasteiger partial charge on any atom is -0.317 e. The monoisotopic (exact) mass is 275 g/mol. The molecule has 0 amide bonds. The van der Waals surface area contributed by atoms with E-state index in [0.29, 0.717) is 25.2 Å². The van der Waals surface area contributed by atoms with E-state index in [4.69, 9.17) is 0 Å². The molecule has 0 aromatic rings.